The van der Waals surface area contributed by atoms with Crippen LogP contribution in [0.25, 0.3) is 0 Å². The highest BCUT2D eigenvalue weighted by Gasteiger charge is 2.38. The van der Waals surface area contributed by atoms with Crippen molar-refractivity contribution >= 4 is 33.9 Å². The Kier molecular flexibility index (Phi) is 2.02. The van der Waals surface area contributed by atoms with Gasteiger partial charge in [-0.2, -0.15) is 0 Å². The minimum absolute atomic E-state index is 0.906. The first-order valence-electron chi connectivity index (χ1n) is 5.58. The number of rotatable bonds is 1. The molecule has 2 aliphatic rings. The molecule has 0 aliphatic carbocycles. The molecule has 4 heteroatoms. The molecule has 1 unspecified atom stereocenters. The van der Waals surface area contributed by atoms with E-state index in [-0.39, 0.29) is 0 Å². The van der Waals surface area contributed by atoms with Crippen LogP contribution in [-0.2, 0) is 10.8 Å². The summed E-state index contributed by atoms with van der Waals surface area (Å²) in [6, 6.07) is 12.2. The van der Waals surface area contributed by atoms with Gasteiger partial charge in [0.05, 0.1) is 32.0 Å². The van der Waals surface area contributed by atoms with Gasteiger partial charge in [0.2, 0.25) is 0 Å². The van der Waals surface area contributed by atoms with Crippen molar-refractivity contribution in [1.82, 2.24) is 0 Å². The van der Waals surface area contributed by atoms with E-state index in [4.69, 9.17) is 0 Å². The number of nitrogens with zero attached hydrogens (tertiary/aromatic N) is 1. The van der Waals surface area contributed by atoms with E-state index in [0.29, 0.717) is 0 Å². The van der Waals surface area contributed by atoms with Gasteiger partial charge in [0.25, 0.3) is 0 Å². The lowest BCUT2D eigenvalue weighted by Crippen LogP contribution is -2.13. The van der Waals surface area contributed by atoms with Gasteiger partial charge in [-0.05, 0) is 24.3 Å². The maximum atomic E-state index is 11.8. The summed E-state index contributed by atoms with van der Waals surface area (Å²) >= 11 is 1.73. The van der Waals surface area contributed by atoms with Crippen molar-refractivity contribution in [3.05, 3.63) is 49.2 Å². The van der Waals surface area contributed by atoms with Crippen LogP contribution in [0, 0.1) is 0 Å². The number of hydrogen-bond acceptors (Lipinski definition) is 3. The minimum Gasteiger partial charge on any atom is -0.314 e. The van der Waals surface area contributed by atoms with Crippen molar-refractivity contribution < 1.29 is 4.21 Å². The molecule has 2 heterocycles. The van der Waals surface area contributed by atoms with Crippen LogP contribution in [0.3, 0.4) is 0 Å². The molecule has 0 fully saturated rings. The number of benzene rings is 2. The summed E-state index contributed by atoms with van der Waals surface area (Å²) in [6.07, 6.45) is 1.80. The van der Waals surface area contributed by atoms with Crippen molar-refractivity contribution in [3.8, 4) is 0 Å². The van der Waals surface area contributed by atoms with Crippen LogP contribution < -0.4 is 4.90 Å². The van der Waals surface area contributed by atoms with E-state index in [1.165, 1.54) is 4.90 Å². The molecule has 0 saturated carbocycles. The van der Waals surface area contributed by atoms with Gasteiger partial charge in [-0.3, -0.25) is 0 Å². The van der Waals surface area contributed by atoms with Crippen molar-refractivity contribution in [3.63, 3.8) is 0 Å². The van der Waals surface area contributed by atoms with Crippen molar-refractivity contribution in [2.24, 2.45) is 0 Å². The van der Waals surface area contributed by atoms with Crippen LogP contribution in [-0.4, -0.2) is 4.21 Å². The zero-order valence-corrected chi connectivity index (χ0v) is 11.1. The number of hydrogen-bond donors (Lipinski definition) is 0. The quantitative estimate of drug-likeness (QED) is 0.626. The van der Waals surface area contributed by atoms with Gasteiger partial charge in [-0.1, -0.05) is 30.5 Å². The summed E-state index contributed by atoms with van der Waals surface area (Å²) in [4.78, 5) is 6.33. The van der Waals surface area contributed by atoms with Gasteiger partial charge in [0.1, 0.15) is 0 Å². The third kappa shape index (κ3) is 1.22. The third-order valence-electron chi connectivity index (χ3n) is 3.17. The Hall–Kier alpha value is -1.52. The fourth-order valence-electron chi connectivity index (χ4n) is 2.31. The molecule has 0 aromatic heterocycles. The number of anilines is 2. The molecule has 0 bridgehead atoms. The zero-order valence-electron chi connectivity index (χ0n) is 9.42. The first-order valence-corrected chi connectivity index (χ1v) is 7.55. The molecule has 0 spiro atoms. The Morgan fingerprint density at radius 3 is 2.83 bits per heavy atom. The maximum Gasteiger partial charge on any atom is 0.0897 e. The minimum atomic E-state index is -0.906. The summed E-state index contributed by atoms with van der Waals surface area (Å²) in [5, 5.41) is 0. The SMILES string of the molecule is C=CN1c2ccccc2Sc2ccc3c(c21)S3=O. The summed E-state index contributed by atoms with van der Waals surface area (Å²) in [5.41, 5.74) is 2.16. The van der Waals surface area contributed by atoms with Crippen molar-refractivity contribution in [2.45, 2.75) is 19.6 Å². The molecule has 2 aromatic rings. The molecule has 0 N–H and O–H groups in total. The van der Waals surface area contributed by atoms with Crippen LogP contribution in [0.1, 0.15) is 0 Å². The predicted molar refractivity (Wildman–Crippen MR) is 74.0 cm³/mol. The van der Waals surface area contributed by atoms with Crippen LogP contribution in [0.2, 0.25) is 0 Å². The van der Waals surface area contributed by atoms with E-state index in [1.54, 1.807) is 18.0 Å². The van der Waals surface area contributed by atoms with E-state index < -0.39 is 10.8 Å². The lowest BCUT2D eigenvalue weighted by atomic mass is 10.2. The molecular formula is C14H9NOS2. The highest BCUT2D eigenvalue weighted by molar-refractivity contribution is 8.00. The monoisotopic (exact) mass is 271 g/mol. The van der Waals surface area contributed by atoms with Crippen LogP contribution in [0.15, 0.2) is 68.8 Å². The smallest absolute Gasteiger partial charge is 0.0897 e. The topological polar surface area (TPSA) is 20.3 Å². The van der Waals surface area contributed by atoms with Crippen molar-refractivity contribution in [2.75, 3.05) is 4.90 Å². The van der Waals surface area contributed by atoms with Crippen LogP contribution >= 0.6 is 11.8 Å². The van der Waals surface area contributed by atoms with Crippen LogP contribution in [0.4, 0.5) is 11.4 Å². The Morgan fingerprint density at radius 2 is 2.00 bits per heavy atom. The largest absolute Gasteiger partial charge is 0.314 e. The van der Waals surface area contributed by atoms with E-state index in [9.17, 15) is 4.21 Å². The number of para-hydroxylation sites is 1. The first kappa shape index (κ1) is 10.4. The summed E-state index contributed by atoms with van der Waals surface area (Å²) < 4.78 is 11.8. The zero-order chi connectivity index (χ0) is 12.3. The van der Waals surface area contributed by atoms with Gasteiger partial charge in [0.15, 0.2) is 0 Å². The van der Waals surface area contributed by atoms with Gasteiger partial charge in [0, 0.05) is 16.0 Å². The second-order valence-electron chi connectivity index (χ2n) is 4.13. The molecule has 0 saturated heterocycles. The lowest BCUT2D eigenvalue weighted by molar-refractivity contribution is 0.693. The summed E-state index contributed by atoms with van der Waals surface area (Å²) in [6.45, 7) is 3.89. The Morgan fingerprint density at radius 1 is 1.17 bits per heavy atom. The average molecular weight is 271 g/mol. The average Bonchev–Trinajstić information content (AvgIpc) is 3.07. The van der Waals surface area contributed by atoms with Gasteiger partial charge in [-0.25, -0.2) is 4.21 Å². The maximum absolute atomic E-state index is 11.8. The third-order valence-corrected chi connectivity index (χ3v) is 5.60. The molecule has 0 radical (unpaired) electrons. The van der Waals surface area contributed by atoms with Gasteiger partial charge < -0.3 is 4.90 Å². The highest BCUT2D eigenvalue weighted by atomic mass is 32.2. The standard InChI is InChI=1S/C14H9NOS2/c1-2-15-9-5-3-4-6-10(9)17-11-7-8-12-14(13(11)15)18(12)16/h2-8H,1H2. The molecule has 4 rings (SSSR count). The molecule has 2 nitrogen and oxygen atoms in total. The molecule has 0 amide bonds. The molecule has 2 aliphatic heterocycles. The van der Waals surface area contributed by atoms with E-state index in [1.807, 2.05) is 23.1 Å². The second-order valence-corrected chi connectivity index (χ2v) is 6.60. The Bertz CT molecular complexity index is 724. The van der Waals surface area contributed by atoms with Gasteiger partial charge in [-0.15, -0.1) is 0 Å². The molecule has 18 heavy (non-hydrogen) atoms. The summed E-state index contributed by atoms with van der Waals surface area (Å²) in [7, 11) is -0.906. The Balaban J connectivity index is 2.01. The van der Waals surface area contributed by atoms with Crippen LogP contribution in [0.5, 0.6) is 0 Å². The Labute approximate surface area is 112 Å². The normalized spacial score (nSPS) is 18.7. The molecule has 1 atom stereocenters. The molecule has 88 valence electrons. The summed E-state index contributed by atoms with van der Waals surface area (Å²) in [5.74, 6) is 0. The van der Waals surface area contributed by atoms with E-state index in [0.717, 1.165) is 26.1 Å². The lowest BCUT2D eigenvalue weighted by Gasteiger charge is -2.29. The first-order chi connectivity index (χ1) is 8.81. The predicted octanol–water partition coefficient (Wildman–Crippen LogP) is 3.91. The fraction of sp³-hybridized carbons (Fsp3) is 0. The fourth-order valence-corrected chi connectivity index (χ4v) is 4.60. The van der Waals surface area contributed by atoms with E-state index in [2.05, 4.69) is 24.8 Å². The molecule has 2 aromatic carbocycles. The highest BCUT2D eigenvalue weighted by Crippen LogP contribution is 2.56. The molecular weight excluding hydrogens is 262 g/mol. The van der Waals surface area contributed by atoms with E-state index >= 15 is 0 Å². The van der Waals surface area contributed by atoms with Crippen molar-refractivity contribution in [1.29, 1.82) is 0 Å². The second kappa shape index (κ2) is 3.49. The number of fused-ring (bicyclic) bond motifs is 4. The van der Waals surface area contributed by atoms with Gasteiger partial charge >= 0.3 is 0 Å².